The Morgan fingerprint density at radius 2 is 1.75 bits per heavy atom. The zero-order chi connectivity index (χ0) is 13.8. The Morgan fingerprint density at radius 1 is 1.05 bits per heavy atom. The molecule has 1 heterocycles. The first-order valence-electron chi connectivity index (χ1n) is 7.47. The molecule has 0 bridgehead atoms. The van der Waals surface area contributed by atoms with Gasteiger partial charge >= 0.3 is 0 Å². The summed E-state index contributed by atoms with van der Waals surface area (Å²) in [6.45, 7) is 0. The first-order chi connectivity index (χ1) is 9.88. The Labute approximate surface area is 125 Å². The molecule has 0 saturated heterocycles. The van der Waals surface area contributed by atoms with Crippen molar-refractivity contribution in [1.82, 2.24) is 4.98 Å². The highest BCUT2D eigenvalue weighted by Crippen LogP contribution is 2.29. The van der Waals surface area contributed by atoms with Crippen molar-refractivity contribution in [1.29, 1.82) is 0 Å². The smallest absolute Gasteiger partial charge is 0.221 e. The summed E-state index contributed by atoms with van der Waals surface area (Å²) in [5, 5.41) is 2.23. The Hall–Kier alpha value is -1.28. The molecule has 1 aliphatic carbocycles. The number of benzene rings is 1. The molecule has 0 spiro atoms. The minimum absolute atomic E-state index is 0.315. The van der Waals surface area contributed by atoms with Crippen molar-refractivity contribution in [3.63, 3.8) is 0 Å². The summed E-state index contributed by atoms with van der Waals surface area (Å²) in [5.74, 6) is 1.25. The van der Waals surface area contributed by atoms with Gasteiger partial charge in [0, 0.05) is 17.5 Å². The molecule has 0 unspecified atom stereocenters. The van der Waals surface area contributed by atoms with Crippen LogP contribution in [-0.2, 0) is 5.88 Å². The van der Waals surface area contributed by atoms with Gasteiger partial charge in [0.15, 0.2) is 0 Å². The number of aromatic nitrogens is 1. The van der Waals surface area contributed by atoms with Crippen LogP contribution < -0.4 is 4.74 Å². The minimum atomic E-state index is 0.315. The third-order valence-electron chi connectivity index (χ3n) is 4.07. The van der Waals surface area contributed by atoms with Crippen LogP contribution in [0.3, 0.4) is 0 Å². The number of rotatable bonds is 3. The molecule has 0 atom stereocenters. The number of halogens is 1. The molecule has 3 rings (SSSR count). The largest absolute Gasteiger partial charge is 0.474 e. The van der Waals surface area contributed by atoms with Crippen molar-refractivity contribution in [3.05, 3.63) is 36.0 Å². The predicted molar refractivity (Wildman–Crippen MR) is 83.4 cm³/mol. The van der Waals surface area contributed by atoms with E-state index in [9.17, 15) is 0 Å². The summed E-state index contributed by atoms with van der Waals surface area (Å²) >= 11 is 5.99. The lowest BCUT2D eigenvalue weighted by molar-refractivity contribution is 0.179. The van der Waals surface area contributed by atoms with E-state index in [4.69, 9.17) is 16.3 Å². The second-order valence-corrected chi connectivity index (χ2v) is 5.77. The summed E-state index contributed by atoms with van der Waals surface area (Å²) in [5.41, 5.74) is 1.07. The SMILES string of the molecule is ClCc1cnc(OC2CCCCCC2)c2ccccc12. The number of hydrogen-bond acceptors (Lipinski definition) is 2. The van der Waals surface area contributed by atoms with Crippen molar-refractivity contribution in [2.75, 3.05) is 0 Å². The van der Waals surface area contributed by atoms with Gasteiger partial charge in [0.1, 0.15) is 6.10 Å². The topological polar surface area (TPSA) is 22.1 Å². The van der Waals surface area contributed by atoms with Gasteiger partial charge in [-0.05, 0) is 42.7 Å². The van der Waals surface area contributed by atoms with Crippen molar-refractivity contribution >= 4 is 22.4 Å². The van der Waals surface area contributed by atoms with Crippen LogP contribution in [-0.4, -0.2) is 11.1 Å². The van der Waals surface area contributed by atoms with Gasteiger partial charge in [-0.1, -0.05) is 31.0 Å². The molecule has 3 heteroatoms. The van der Waals surface area contributed by atoms with Gasteiger partial charge in [-0.3, -0.25) is 0 Å². The van der Waals surface area contributed by atoms with Crippen LogP contribution in [0.4, 0.5) is 0 Å². The lowest BCUT2D eigenvalue weighted by atomic mass is 10.1. The van der Waals surface area contributed by atoms with Gasteiger partial charge in [0.2, 0.25) is 5.88 Å². The van der Waals surface area contributed by atoms with E-state index in [1.54, 1.807) is 0 Å². The molecule has 2 nitrogen and oxygen atoms in total. The van der Waals surface area contributed by atoms with E-state index >= 15 is 0 Å². The fourth-order valence-electron chi connectivity index (χ4n) is 2.94. The fraction of sp³-hybridized carbons (Fsp3) is 0.471. The van der Waals surface area contributed by atoms with Crippen LogP contribution in [0.2, 0.25) is 0 Å². The van der Waals surface area contributed by atoms with Crippen LogP contribution in [0.5, 0.6) is 5.88 Å². The average molecular weight is 290 g/mol. The molecule has 1 aliphatic rings. The molecule has 1 saturated carbocycles. The number of pyridine rings is 1. The van der Waals surface area contributed by atoms with E-state index in [0.717, 1.165) is 35.1 Å². The maximum absolute atomic E-state index is 6.19. The summed E-state index contributed by atoms with van der Waals surface area (Å²) < 4.78 is 6.19. The fourth-order valence-corrected chi connectivity index (χ4v) is 3.16. The number of fused-ring (bicyclic) bond motifs is 1. The third-order valence-corrected chi connectivity index (χ3v) is 4.35. The highest BCUT2D eigenvalue weighted by Gasteiger charge is 2.16. The molecule has 0 N–H and O–H groups in total. The maximum Gasteiger partial charge on any atom is 0.221 e. The van der Waals surface area contributed by atoms with E-state index in [0.29, 0.717) is 12.0 Å². The van der Waals surface area contributed by atoms with Crippen LogP contribution >= 0.6 is 11.6 Å². The van der Waals surface area contributed by atoms with Crippen LogP contribution in [0.25, 0.3) is 10.8 Å². The van der Waals surface area contributed by atoms with Crippen LogP contribution in [0.15, 0.2) is 30.5 Å². The number of alkyl halides is 1. The second-order valence-electron chi connectivity index (χ2n) is 5.50. The summed E-state index contributed by atoms with van der Waals surface area (Å²) in [6.07, 6.45) is 9.65. The molecule has 0 radical (unpaired) electrons. The molecule has 1 aromatic carbocycles. The Morgan fingerprint density at radius 3 is 2.45 bits per heavy atom. The molecule has 1 aromatic heterocycles. The van der Waals surface area contributed by atoms with E-state index < -0.39 is 0 Å². The summed E-state index contributed by atoms with van der Waals surface area (Å²) in [7, 11) is 0. The Bertz CT molecular complexity index is 576. The van der Waals surface area contributed by atoms with Gasteiger partial charge in [0.25, 0.3) is 0 Å². The summed E-state index contributed by atoms with van der Waals surface area (Å²) in [4.78, 5) is 4.50. The molecule has 1 fully saturated rings. The van der Waals surface area contributed by atoms with Crippen molar-refractivity contribution < 1.29 is 4.74 Å². The van der Waals surface area contributed by atoms with Gasteiger partial charge in [-0.2, -0.15) is 0 Å². The zero-order valence-electron chi connectivity index (χ0n) is 11.6. The normalized spacial score (nSPS) is 17.1. The molecular formula is C17H20ClNO. The molecule has 0 aliphatic heterocycles. The van der Waals surface area contributed by atoms with Crippen molar-refractivity contribution in [2.45, 2.75) is 50.5 Å². The highest BCUT2D eigenvalue weighted by atomic mass is 35.5. The van der Waals surface area contributed by atoms with Crippen molar-refractivity contribution in [2.24, 2.45) is 0 Å². The Balaban J connectivity index is 1.91. The van der Waals surface area contributed by atoms with E-state index in [-0.39, 0.29) is 0 Å². The maximum atomic E-state index is 6.19. The molecular weight excluding hydrogens is 270 g/mol. The lowest BCUT2D eigenvalue weighted by Crippen LogP contribution is -2.16. The number of nitrogens with zero attached hydrogens (tertiary/aromatic N) is 1. The molecule has 20 heavy (non-hydrogen) atoms. The van der Waals surface area contributed by atoms with E-state index in [1.807, 2.05) is 18.3 Å². The molecule has 0 amide bonds. The van der Waals surface area contributed by atoms with Gasteiger partial charge in [-0.25, -0.2) is 4.98 Å². The number of hydrogen-bond donors (Lipinski definition) is 0. The monoisotopic (exact) mass is 289 g/mol. The first-order valence-corrected chi connectivity index (χ1v) is 8.01. The van der Waals surface area contributed by atoms with E-state index in [1.165, 1.54) is 25.7 Å². The molecule has 2 aromatic rings. The number of ether oxygens (including phenoxy) is 1. The third kappa shape index (κ3) is 2.90. The standard InChI is InChI=1S/C17H20ClNO/c18-11-13-12-19-17(16-10-6-5-9-15(13)16)20-14-7-3-1-2-4-8-14/h5-6,9-10,12,14H,1-4,7-8,11H2. The first kappa shape index (κ1) is 13.7. The lowest BCUT2D eigenvalue weighted by Gasteiger charge is -2.18. The van der Waals surface area contributed by atoms with E-state index in [2.05, 4.69) is 17.1 Å². The Kier molecular flexibility index (Phi) is 4.41. The van der Waals surface area contributed by atoms with Crippen LogP contribution in [0.1, 0.15) is 44.1 Å². The molecule has 106 valence electrons. The van der Waals surface area contributed by atoms with Gasteiger partial charge < -0.3 is 4.74 Å². The second kappa shape index (κ2) is 6.45. The quantitative estimate of drug-likeness (QED) is 0.581. The van der Waals surface area contributed by atoms with Gasteiger partial charge in [-0.15, -0.1) is 11.6 Å². The summed E-state index contributed by atoms with van der Waals surface area (Å²) in [6, 6.07) is 8.23. The van der Waals surface area contributed by atoms with Crippen LogP contribution in [0, 0.1) is 0 Å². The average Bonchev–Trinajstić information content (AvgIpc) is 2.76. The van der Waals surface area contributed by atoms with Gasteiger partial charge in [0.05, 0.1) is 0 Å². The minimum Gasteiger partial charge on any atom is -0.474 e. The van der Waals surface area contributed by atoms with Crippen molar-refractivity contribution in [3.8, 4) is 5.88 Å². The predicted octanol–water partition coefficient (Wildman–Crippen LogP) is 5.08. The zero-order valence-corrected chi connectivity index (χ0v) is 12.4. The highest BCUT2D eigenvalue weighted by molar-refractivity contribution is 6.18.